The van der Waals surface area contributed by atoms with Crippen LogP contribution in [0.25, 0.3) is 0 Å². The molecule has 1 amide bonds. The van der Waals surface area contributed by atoms with Crippen LogP contribution < -0.4 is 25.6 Å². The van der Waals surface area contributed by atoms with Gasteiger partial charge in [-0.25, -0.2) is 0 Å². The quantitative estimate of drug-likeness (QED) is 0.383. The van der Waals surface area contributed by atoms with Gasteiger partial charge < -0.3 is 25.6 Å². The van der Waals surface area contributed by atoms with Gasteiger partial charge in [0.15, 0.2) is 5.96 Å². The number of rotatable bonds is 7. The predicted octanol–water partition coefficient (Wildman–Crippen LogP) is 1.60. The second kappa shape index (κ2) is 10.6. The zero-order chi connectivity index (χ0) is 19.6. The number of guanidine groups is 1. The van der Waals surface area contributed by atoms with Gasteiger partial charge in [-0.1, -0.05) is 19.9 Å². The molecule has 1 aromatic rings. The molecule has 1 atom stereocenters. The van der Waals surface area contributed by atoms with Crippen molar-refractivity contribution >= 4 is 17.6 Å². The fraction of sp³-hybridized carbons (Fsp3) is 0.600. The average molecular weight is 376 g/mol. The zero-order valence-corrected chi connectivity index (χ0v) is 16.9. The molecule has 2 rings (SSSR count). The Kier molecular flexibility index (Phi) is 8.23. The predicted molar refractivity (Wildman–Crippen MR) is 111 cm³/mol. The first-order valence-corrected chi connectivity index (χ1v) is 9.67. The number of methoxy groups -OCH3 is 1. The number of nitrogens with zero attached hydrogens (tertiary/aromatic N) is 2. The lowest BCUT2D eigenvalue weighted by Crippen LogP contribution is -2.52. The third-order valence-corrected chi connectivity index (χ3v) is 4.65. The summed E-state index contributed by atoms with van der Waals surface area (Å²) in [5, 5.41) is 9.67. The first-order chi connectivity index (χ1) is 13.0. The summed E-state index contributed by atoms with van der Waals surface area (Å²) >= 11 is 0. The molecule has 0 radical (unpaired) electrons. The number of ether oxygens (including phenoxy) is 1. The maximum atomic E-state index is 11.6. The molecular weight excluding hydrogens is 342 g/mol. The summed E-state index contributed by atoms with van der Waals surface area (Å²) in [4.78, 5) is 18.3. The van der Waals surface area contributed by atoms with Crippen molar-refractivity contribution < 1.29 is 9.53 Å². The summed E-state index contributed by atoms with van der Waals surface area (Å²) in [5.41, 5.74) is 1.18. The van der Waals surface area contributed by atoms with E-state index in [4.69, 9.17) is 4.74 Å². The Bertz CT molecular complexity index is 633. The molecule has 1 saturated heterocycles. The van der Waals surface area contributed by atoms with Crippen LogP contribution in [-0.4, -0.2) is 58.2 Å². The summed E-state index contributed by atoms with van der Waals surface area (Å²) in [5.74, 6) is 1.73. The average Bonchev–Trinajstić information content (AvgIpc) is 2.70. The molecule has 1 aromatic carbocycles. The monoisotopic (exact) mass is 375 g/mol. The molecule has 0 aliphatic carbocycles. The number of anilines is 1. The normalized spacial score (nSPS) is 17.6. The molecular formula is C20H33N5O2. The molecule has 150 valence electrons. The fourth-order valence-electron chi connectivity index (χ4n) is 3.10. The summed E-state index contributed by atoms with van der Waals surface area (Å²) in [7, 11) is 3.46. The Labute approximate surface area is 162 Å². The Morgan fingerprint density at radius 3 is 2.81 bits per heavy atom. The molecule has 0 aromatic heterocycles. The van der Waals surface area contributed by atoms with Gasteiger partial charge in [0.1, 0.15) is 5.75 Å². The highest BCUT2D eigenvalue weighted by molar-refractivity contribution is 5.80. The highest BCUT2D eigenvalue weighted by atomic mass is 16.5. The van der Waals surface area contributed by atoms with Gasteiger partial charge in [0.2, 0.25) is 5.91 Å². The lowest BCUT2D eigenvalue weighted by Gasteiger charge is -2.35. The Morgan fingerprint density at radius 1 is 1.33 bits per heavy atom. The van der Waals surface area contributed by atoms with Gasteiger partial charge in [-0.2, -0.15) is 0 Å². The van der Waals surface area contributed by atoms with Crippen LogP contribution in [0.3, 0.4) is 0 Å². The number of carbonyl (C=O) groups is 1. The van der Waals surface area contributed by atoms with Gasteiger partial charge in [0.25, 0.3) is 0 Å². The van der Waals surface area contributed by atoms with E-state index in [-0.39, 0.29) is 11.8 Å². The van der Waals surface area contributed by atoms with Gasteiger partial charge in [-0.15, -0.1) is 0 Å². The van der Waals surface area contributed by atoms with Gasteiger partial charge in [-0.3, -0.25) is 9.79 Å². The van der Waals surface area contributed by atoms with Crippen LogP contribution in [0.2, 0.25) is 0 Å². The number of nitrogens with one attached hydrogen (secondary N) is 3. The number of aliphatic imine (C=N–C) groups is 1. The van der Waals surface area contributed by atoms with E-state index >= 15 is 0 Å². The van der Waals surface area contributed by atoms with Crippen LogP contribution in [-0.2, 0) is 4.79 Å². The standard InChI is InChI=1S/C20H33N5O2/c1-15(2)19(26)22-10-11-23-20(21-3)24-16-7-6-12-25(14-16)17-8-5-9-18(13-17)27-4/h5,8-9,13,15-16H,6-7,10-12,14H2,1-4H3,(H,22,26)(H2,21,23,24). The first-order valence-electron chi connectivity index (χ1n) is 9.67. The second-order valence-electron chi connectivity index (χ2n) is 7.08. The molecule has 7 heteroatoms. The Morgan fingerprint density at radius 2 is 2.11 bits per heavy atom. The lowest BCUT2D eigenvalue weighted by molar-refractivity contribution is -0.123. The van der Waals surface area contributed by atoms with Crippen LogP contribution in [0, 0.1) is 5.92 Å². The molecule has 7 nitrogen and oxygen atoms in total. The van der Waals surface area contributed by atoms with Crippen molar-refractivity contribution in [2.75, 3.05) is 45.2 Å². The molecule has 3 N–H and O–H groups in total. The SMILES string of the molecule is CN=C(NCCNC(=O)C(C)C)NC1CCCN(c2cccc(OC)c2)C1. The van der Waals surface area contributed by atoms with Crippen molar-refractivity contribution in [1.29, 1.82) is 0 Å². The van der Waals surface area contributed by atoms with Crippen molar-refractivity contribution in [2.24, 2.45) is 10.9 Å². The van der Waals surface area contributed by atoms with Crippen LogP contribution in [0.1, 0.15) is 26.7 Å². The Hall–Kier alpha value is -2.44. The first kappa shape index (κ1) is 20.9. The number of carbonyl (C=O) groups excluding carboxylic acids is 1. The number of hydrogen-bond acceptors (Lipinski definition) is 4. The molecule has 27 heavy (non-hydrogen) atoms. The van der Waals surface area contributed by atoms with Crippen molar-refractivity contribution in [1.82, 2.24) is 16.0 Å². The van der Waals surface area contributed by atoms with Gasteiger partial charge >= 0.3 is 0 Å². The van der Waals surface area contributed by atoms with Crippen molar-refractivity contribution in [3.05, 3.63) is 24.3 Å². The van der Waals surface area contributed by atoms with E-state index < -0.39 is 0 Å². The maximum Gasteiger partial charge on any atom is 0.222 e. The smallest absolute Gasteiger partial charge is 0.222 e. The van der Waals surface area contributed by atoms with E-state index in [2.05, 4.69) is 38.0 Å². The summed E-state index contributed by atoms with van der Waals surface area (Å²) in [6, 6.07) is 8.51. The van der Waals surface area contributed by atoms with E-state index in [9.17, 15) is 4.79 Å². The largest absolute Gasteiger partial charge is 0.497 e. The molecule has 0 saturated carbocycles. The van der Waals surface area contributed by atoms with Crippen molar-refractivity contribution in [2.45, 2.75) is 32.7 Å². The summed E-state index contributed by atoms with van der Waals surface area (Å²) in [6.45, 7) is 6.96. The van der Waals surface area contributed by atoms with E-state index in [1.165, 1.54) is 5.69 Å². The third kappa shape index (κ3) is 6.66. The summed E-state index contributed by atoms with van der Waals surface area (Å²) < 4.78 is 5.34. The van der Waals surface area contributed by atoms with Gasteiger partial charge in [-0.05, 0) is 25.0 Å². The Balaban J connectivity index is 1.81. The van der Waals surface area contributed by atoms with Crippen LogP contribution >= 0.6 is 0 Å². The zero-order valence-electron chi connectivity index (χ0n) is 16.9. The van der Waals surface area contributed by atoms with E-state index in [1.54, 1.807) is 14.2 Å². The molecule has 0 bridgehead atoms. The minimum absolute atomic E-state index is 0.00673. The molecule has 1 unspecified atom stereocenters. The number of hydrogen-bond donors (Lipinski definition) is 3. The molecule has 0 spiro atoms. The maximum absolute atomic E-state index is 11.6. The minimum atomic E-state index is 0.00673. The minimum Gasteiger partial charge on any atom is -0.497 e. The topological polar surface area (TPSA) is 78.0 Å². The molecule has 1 aliphatic heterocycles. The van der Waals surface area contributed by atoms with Crippen LogP contribution in [0.15, 0.2) is 29.3 Å². The van der Waals surface area contributed by atoms with Crippen LogP contribution in [0.4, 0.5) is 5.69 Å². The molecule has 1 heterocycles. The van der Waals surface area contributed by atoms with E-state index in [1.807, 2.05) is 26.0 Å². The van der Waals surface area contributed by atoms with Gasteiger partial charge in [0.05, 0.1) is 7.11 Å². The number of benzene rings is 1. The molecule has 1 fully saturated rings. The number of piperidine rings is 1. The highest BCUT2D eigenvalue weighted by Crippen LogP contribution is 2.24. The van der Waals surface area contributed by atoms with E-state index in [0.29, 0.717) is 19.1 Å². The number of amides is 1. The second-order valence-corrected chi connectivity index (χ2v) is 7.08. The lowest BCUT2D eigenvalue weighted by atomic mass is 10.0. The van der Waals surface area contributed by atoms with Gasteiger partial charge in [0, 0.05) is 56.9 Å². The molecule has 1 aliphatic rings. The fourth-order valence-corrected chi connectivity index (χ4v) is 3.10. The van der Waals surface area contributed by atoms with E-state index in [0.717, 1.165) is 37.6 Å². The summed E-state index contributed by atoms with van der Waals surface area (Å²) in [6.07, 6.45) is 2.22. The third-order valence-electron chi connectivity index (χ3n) is 4.65. The van der Waals surface area contributed by atoms with Crippen LogP contribution in [0.5, 0.6) is 5.75 Å². The van der Waals surface area contributed by atoms with Crippen molar-refractivity contribution in [3.8, 4) is 5.75 Å². The van der Waals surface area contributed by atoms with Crippen molar-refractivity contribution in [3.63, 3.8) is 0 Å². The highest BCUT2D eigenvalue weighted by Gasteiger charge is 2.21.